The van der Waals surface area contributed by atoms with E-state index in [0.29, 0.717) is 45.0 Å². The fraction of sp³-hybridized carbons (Fsp3) is 0.700. The molecule has 3 heterocycles. The van der Waals surface area contributed by atoms with Gasteiger partial charge in [0, 0.05) is 51.1 Å². The lowest BCUT2D eigenvalue weighted by atomic mass is 9.93. The molecule has 30 heavy (non-hydrogen) atoms. The number of aromatic nitrogens is 1. The summed E-state index contributed by atoms with van der Waals surface area (Å²) < 4.78 is 4.95. The number of piperidine rings is 1. The van der Waals surface area contributed by atoms with E-state index in [1.54, 1.807) is 15.9 Å². The normalized spacial score (nSPS) is 19.7. The fourth-order valence-corrected chi connectivity index (χ4v) is 3.45. The van der Waals surface area contributed by atoms with Crippen LogP contribution in [0.3, 0.4) is 0 Å². The molecule has 2 saturated heterocycles. The minimum atomic E-state index is -0.930. The molecule has 2 fully saturated rings. The Labute approximate surface area is 176 Å². The second kappa shape index (κ2) is 9.82. The van der Waals surface area contributed by atoms with Crippen LogP contribution in [0.15, 0.2) is 10.6 Å². The van der Waals surface area contributed by atoms with Crippen LogP contribution in [0.5, 0.6) is 0 Å². The topological polar surface area (TPSA) is 133 Å². The largest absolute Gasteiger partial charge is 0.480 e. The second-order valence-electron chi connectivity index (χ2n) is 8.68. The van der Waals surface area contributed by atoms with E-state index in [4.69, 9.17) is 10.3 Å². The van der Waals surface area contributed by atoms with Gasteiger partial charge in [-0.1, -0.05) is 25.9 Å². The van der Waals surface area contributed by atoms with E-state index in [1.807, 2.05) is 20.8 Å². The lowest BCUT2D eigenvalue weighted by Crippen LogP contribution is -2.57. The first-order valence-corrected chi connectivity index (χ1v) is 10.3. The van der Waals surface area contributed by atoms with Crippen molar-refractivity contribution in [1.82, 2.24) is 19.9 Å². The van der Waals surface area contributed by atoms with Gasteiger partial charge in [0.15, 0.2) is 5.82 Å². The number of carboxylic acid groups (broad SMARTS) is 1. The van der Waals surface area contributed by atoms with Gasteiger partial charge in [0.2, 0.25) is 5.91 Å². The Morgan fingerprint density at radius 2 is 1.70 bits per heavy atom. The molecule has 3 rings (SSSR count). The first-order valence-electron chi connectivity index (χ1n) is 10.3. The van der Waals surface area contributed by atoms with Gasteiger partial charge in [0.05, 0.1) is 0 Å². The van der Waals surface area contributed by atoms with E-state index in [9.17, 15) is 19.5 Å². The molecule has 10 heteroatoms. The third-order valence-electron chi connectivity index (χ3n) is 5.30. The first kappa shape index (κ1) is 23.5. The number of amides is 3. The van der Waals surface area contributed by atoms with Gasteiger partial charge < -0.3 is 30.1 Å². The Balaban J connectivity index is 0.000000269. The summed E-state index contributed by atoms with van der Waals surface area (Å²) in [5.74, 6) is 0.355. The van der Waals surface area contributed by atoms with E-state index in [1.165, 1.54) is 11.8 Å². The van der Waals surface area contributed by atoms with Crippen LogP contribution in [0.1, 0.15) is 52.7 Å². The predicted octanol–water partition coefficient (Wildman–Crippen LogP) is 1.76. The monoisotopic (exact) mass is 423 g/mol. The minimum absolute atomic E-state index is 0.00458. The van der Waals surface area contributed by atoms with Crippen LogP contribution >= 0.6 is 0 Å². The molecule has 0 aliphatic carbocycles. The maximum absolute atomic E-state index is 12.4. The number of nitrogen functional groups attached to an aromatic ring is 1. The van der Waals surface area contributed by atoms with Crippen LogP contribution in [0.4, 0.5) is 10.6 Å². The maximum Gasteiger partial charge on any atom is 0.326 e. The Hall–Kier alpha value is -2.78. The number of aliphatic carboxylic acids is 1. The number of nitrogens with two attached hydrogens (primary N) is 1. The summed E-state index contributed by atoms with van der Waals surface area (Å²) in [5.41, 5.74) is 5.38. The third kappa shape index (κ3) is 6.11. The van der Waals surface area contributed by atoms with Gasteiger partial charge in [0.1, 0.15) is 11.8 Å². The average molecular weight is 424 g/mol. The third-order valence-corrected chi connectivity index (χ3v) is 5.30. The maximum atomic E-state index is 12.4. The number of hydrogen-bond donors (Lipinski definition) is 2. The SMILES string of the molecule is CC(=O)N1CCN(C(=O)N2CCCC[C@H]2C(=O)O)CC1.CC(C)(C)c1cc(N)no1. The van der Waals surface area contributed by atoms with Crippen LogP contribution in [-0.2, 0) is 15.0 Å². The van der Waals surface area contributed by atoms with Gasteiger partial charge in [-0.2, -0.15) is 0 Å². The van der Waals surface area contributed by atoms with Crippen molar-refractivity contribution in [2.75, 3.05) is 38.5 Å². The van der Waals surface area contributed by atoms with Crippen molar-refractivity contribution in [3.8, 4) is 0 Å². The molecule has 1 aromatic rings. The molecule has 0 spiro atoms. The molecule has 2 aliphatic heterocycles. The van der Waals surface area contributed by atoms with Crippen molar-refractivity contribution in [2.24, 2.45) is 0 Å². The summed E-state index contributed by atoms with van der Waals surface area (Å²) in [6.07, 6.45) is 2.22. The molecule has 0 radical (unpaired) electrons. The van der Waals surface area contributed by atoms with Crippen LogP contribution in [0.2, 0.25) is 0 Å². The van der Waals surface area contributed by atoms with Crippen molar-refractivity contribution in [1.29, 1.82) is 0 Å². The summed E-state index contributed by atoms with van der Waals surface area (Å²) in [7, 11) is 0. The number of carbonyl (C=O) groups excluding carboxylic acids is 2. The molecule has 3 amide bonds. The van der Waals surface area contributed by atoms with Crippen LogP contribution in [0.25, 0.3) is 0 Å². The van der Waals surface area contributed by atoms with E-state index in [-0.39, 0.29) is 17.4 Å². The van der Waals surface area contributed by atoms with Gasteiger partial charge in [-0.25, -0.2) is 9.59 Å². The zero-order chi connectivity index (χ0) is 22.5. The summed E-state index contributed by atoms with van der Waals surface area (Å²) in [6.45, 7) is 10.2. The molecule has 10 nitrogen and oxygen atoms in total. The Kier molecular flexibility index (Phi) is 7.69. The zero-order valence-electron chi connectivity index (χ0n) is 18.3. The molecule has 0 unspecified atom stereocenters. The molecule has 1 aromatic heterocycles. The molecule has 0 bridgehead atoms. The smallest absolute Gasteiger partial charge is 0.326 e. The number of piperazine rings is 1. The van der Waals surface area contributed by atoms with Crippen molar-refractivity contribution in [3.63, 3.8) is 0 Å². The van der Waals surface area contributed by atoms with Crippen molar-refractivity contribution in [3.05, 3.63) is 11.8 Å². The molecule has 0 aromatic carbocycles. The number of carboxylic acids is 1. The molecule has 1 atom stereocenters. The highest BCUT2D eigenvalue weighted by Gasteiger charge is 2.35. The molecule has 168 valence electrons. The van der Waals surface area contributed by atoms with E-state index < -0.39 is 12.0 Å². The Morgan fingerprint density at radius 3 is 2.13 bits per heavy atom. The standard InChI is InChI=1S/C13H21N3O4.C7H12N2O/c1-10(17)14-6-8-15(9-7-14)13(20)16-5-3-2-4-11(16)12(18)19;1-7(2,3)5-4-6(8)9-10-5/h11H,2-9H2,1H3,(H,18,19);4H,1-3H3,(H2,8,9)/t11-;/m0./s1. The lowest BCUT2D eigenvalue weighted by molar-refractivity contribution is -0.143. The number of urea groups is 1. The Bertz CT molecular complexity index is 749. The van der Waals surface area contributed by atoms with Gasteiger partial charge in [0.25, 0.3) is 0 Å². The number of hydrogen-bond acceptors (Lipinski definition) is 6. The van der Waals surface area contributed by atoms with Gasteiger partial charge in [-0.3, -0.25) is 4.79 Å². The summed E-state index contributed by atoms with van der Waals surface area (Å²) in [6, 6.07) is 0.836. The van der Waals surface area contributed by atoms with Crippen LogP contribution in [-0.4, -0.2) is 81.6 Å². The number of rotatable bonds is 1. The predicted molar refractivity (Wildman–Crippen MR) is 111 cm³/mol. The fourth-order valence-electron chi connectivity index (χ4n) is 3.45. The van der Waals surface area contributed by atoms with E-state index in [2.05, 4.69) is 5.16 Å². The summed E-state index contributed by atoms with van der Waals surface area (Å²) in [5, 5.41) is 12.8. The van der Waals surface area contributed by atoms with Crippen molar-refractivity contribution in [2.45, 2.75) is 58.4 Å². The van der Waals surface area contributed by atoms with Gasteiger partial charge >= 0.3 is 12.0 Å². The zero-order valence-corrected chi connectivity index (χ0v) is 18.3. The summed E-state index contributed by atoms with van der Waals surface area (Å²) >= 11 is 0. The number of carbonyl (C=O) groups is 3. The highest BCUT2D eigenvalue weighted by Crippen LogP contribution is 2.23. The highest BCUT2D eigenvalue weighted by molar-refractivity contribution is 5.83. The molecule has 3 N–H and O–H groups in total. The molecule has 0 saturated carbocycles. The van der Waals surface area contributed by atoms with Gasteiger partial charge in [-0.15, -0.1) is 0 Å². The highest BCUT2D eigenvalue weighted by atomic mass is 16.5. The number of nitrogens with zero attached hydrogens (tertiary/aromatic N) is 4. The quantitative estimate of drug-likeness (QED) is 0.703. The van der Waals surface area contributed by atoms with Crippen LogP contribution < -0.4 is 5.73 Å². The van der Waals surface area contributed by atoms with Crippen molar-refractivity contribution >= 4 is 23.7 Å². The average Bonchev–Trinajstić information content (AvgIpc) is 3.15. The lowest BCUT2D eigenvalue weighted by Gasteiger charge is -2.40. The first-order chi connectivity index (χ1) is 14.0. The minimum Gasteiger partial charge on any atom is -0.480 e. The Morgan fingerprint density at radius 1 is 1.10 bits per heavy atom. The molecular formula is C20H33N5O5. The molecular weight excluding hydrogens is 390 g/mol. The van der Waals surface area contributed by atoms with Crippen LogP contribution in [0, 0.1) is 0 Å². The van der Waals surface area contributed by atoms with Gasteiger partial charge in [-0.05, 0) is 19.3 Å². The summed E-state index contributed by atoms with van der Waals surface area (Å²) in [4.78, 5) is 39.7. The van der Waals surface area contributed by atoms with E-state index in [0.717, 1.165) is 18.6 Å². The number of likely N-dealkylation sites (tertiary alicyclic amines) is 1. The van der Waals surface area contributed by atoms with Crippen molar-refractivity contribution < 1.29 is 24.0 Å². The van der Waals surface area contributed by atoms with E-state index >= 15 is 0 Å². The second-order valence-corrected chi connectivity index (χ2v) is 8.68. The molecule has 2 aliphatic rings. The number of anilines is 1.